The van der Waals surface area contributed by atoms with E-state index in [1.807, 2.05) is 0 Å². The molecular weight excluding hydrogens is 192 g/mol. The van der Waals surface area contributed by atoms with Crippen LogP contribution >= 0.6 is 11.3 Å². The second-order valence-corrected chi connectivity index (χ2v) is 3.07. The Labute approximate surface area is 78.1 Å². The zero-order chi connectivity index (χ0) is 9.68. The summed E-state index contributed by atoms with van der Waals surface area (Å²) in [6, 6.07) is 2.65. The minimum atomic E-state index is -0.852. The summed E-state index contributed by atoms with van der Waals surface area (Å²) in [5, 5.41) is 8.34. The Bertz CT molecular complexity index is 298. The minimum absolute atomic E-state index is 0.684. The zero-order valence-corrected chi connectivity index (χ0v) is 7.40. The number of thiophene rings is 1. The molecule has 70 valence electrons. The molecule has 0 radical (unpaired) electrons. The first kappa shape index (κ1) is 9.62. The topological polar surface area (TPSA) is 103 Å². The lowest BCUT2D eigenvalue weighted by Crippen LogP contribution is -2.17. The van der Waals surface area contributed by atoms with Crippen molar-refractivity contribution in [2.24, 2.45) is 22.1 Å². The van der Waals surface area contributed by atoms with Gasteiger partial charge in [0.2, 0.25) is 6.04 Å². The quantitative estimate of drug-likeness (QED) is 0.422. The smallest absolute Gasteiger partial charge is 0.356 e. The molecule has 0 amide bonds. The first-order valence-electron chi connectivity index (χ1n) is 3.33. The van der Waals surface area contributed by atoms with Crippen molar-refractivity contribution < 1.29 is 9.63 Å². The normalized spacial score (nSPS) is 13.0. The number of hydrogen-bond acceptors (Lipinski definition) is 6. The molecule has 1 atom stereocenters. The van der Waals surface area contributed by atoms with E-state index in [9.17, 15) is 4.79 Å². The average Bonchev–Trinajstić information content (AvgIpc) is 2.65. The van der Waals surface area contributed by atoms with Gasteiger partial charge in [-0.05, 0) is 11.4 Å². The third-order valence-corrected chi connectivity index (χ3v) is 2.26. The van der Waals surface area contributed by atoms with Crippen molar-refractivity contribution in [2.45, 2.75) is 6.04 Å². The van der Waals surface area contributed by atoms with Crippen LogP contribution in [0.3, 0.4) is 0 Å². The fraction of sp³-hybridized carbons (Fsp3) is 0.167. The highest BCUT2D eigenvalue weighted by atomic mass is 32.1. The van der Waals surface area contributed by atoms with Gasteiger partial charge in [-0.3, -0.25) is 0 Å². The maximum absolute atomic E-state index is 11.1. The van der Waals surface area contributed by atoms with E-state index in [1.54, 1.807) is 17.5 Å². The molecule has 6 nitrogen and oxygen atoms in total. The fourth-order valence-electron chi connectivity index (χ4n) is 0.798. The van der Waals surface area contributed by atoms with Crippen LogP contribution in [0.2, 0.25) is 0 Å². The predicted octanol–water partition coefficient (Wildman–Crippen LogP) is 0.532. The van der Waals surface area contributed by atoms with E-state index in [1.165, 1.54) is 11.3 Å². The Morgan fingerprint density at radius 2 is 2.46 bits per heavy atom. The van der Waals surface area contributed by atoms with Crippen molar-refractivity contribution in [1.82, 2.24) is 0 Å². The highest BCUT2D eigenvalue weighted by Crippen LogP contribution is 2.23. The van der Waals surface area contributed by atoms with Gasteiger partial charge in [0.15, 0.2) is 0 Å². The molecule has 0 aliphatic carbocycles. The number of carbonyl (C=O) groups excluding carboxylic acids is 1. The van der Waals surface area contributed by atoms with Crippen LogP contribution in [0.5, 0.6) is 0 Å². The maximum atomic E-state index is 11.1. The van der Waals surface area contributed by atoms with E-state index in [-0.39, 0.29) is 0 Å². The van der Waals surface area contributed by atoms with Gasteiger partial charge in [0.25, 0.3) is 0 Å². The zero-order valence-electron chi connectivity index (χ0n) is 6.58. The summed E-state index contributed by atoms with van der Waals surface area (Å²) in [7, 11) is 0. The van der Waals surface area contributed by atoms with Crippen LogP contribution in [-0.4, -0.2) is 5.97 Å². The van der Waals surface area contributed by atoms with Gasteiger partial charge in [0.05, 0.1) is 0 Å². The summed E-state index contributed by atoms with van der Waals surface area (Å²) < 4.78 is 0. The summed E-state index contributed by atoms with van der Waals surface area (Å²) in [5.74, 6) is 8.88. The molecule has 1 rings (SSSR count). The Hall–Kier alpha value is -1.47. The van der Waals surface area contributed by atoms with Gasteiger partial charge in [0.1, 0.15) is 0 Å². The summed E-state index contributed by atoms with van der Waals surface area (Å²) in [4.78, 5) is 15.8. The average molecular weight is 200 g/mol. The molecule has 0 spiro atoms. The molecule has 0 aliphatic heterocycles. The lowest BCUT2D eigenvalue weighted by molar-refractivity contribution is -0.145. The molecular formula is C6H8N4O2S. The van der Waals surface area contributed by atoms with Gasteiger partial charge in [-0.2, -0.15) is 11.0 Å². The fourth-order valence-corrected chi connectivity index (χ4v) is 1.54. The van der Waals surface area contributed by atoms with Crippen LogP contribution in [0.25, 0.3) is 0 Å². The Kier molecular flexibility index (Phi) is 3.35. The van der Waals surface area contributed by atoms with Crippen LogP contribution in [0, 0.1) is 0 Å². The molecule has 0 saturated heterocycles. The summed E-state index contributed by atoms with van der Waals surface area (Å²) in [6.07, 6.45) is 0. The standard InChI is InChI=1S/C6H8N4O2S/c7-10-9-5(6(11)12-8)4-2-1-3-13-4/h1-3,5H,8H2,(H2,7,9)/t5-/m0/s1. The summed E-state index contributed by atoms with van der Waals surface area (Å²) in [6.45, 7) is 0. The molecule has 13 heavy (non-hydrogen) atoms. The van der Waals surface area contributed by atoms with E-state index < -0.39 is 12.0 Å². The van der Waals surface area contributed by atoms with Crippen LogP contribution in [0.15, 0.2) is 27.9 Å². The largest absolute Gasteiger partial charge is 0.371 e. The summed E-state index contributed by atoms with van der Waals surface area (Å²) in [5.41, 5.74) is 0. The maximum Gasteiger partial charge on any atom is 0.356 e. The van der Waals surface area contributed by atoms with E-state index in [0.29, 0.717) is 4.88 Å². The number of hydrogen-bond donors (Lipinski definition) is 2. The first-order valence-corrected chi connectivity index (χ1v) is 4.21. The van der Waals surface area contributed by atoms with Crippen LogP contribution < -0.4 is 11.7 Å². The van der Waals surface area contributed by atoms with Crippen molar-refractivity contribution >= 4 is 17.3 Å². The molecule has 0 unspecified atom stereocenters. The molecule has 0 fully saturated rings. The Balaban J connectivity index is 2.86. The highest BCUT2D eigenvalue weighted by molar-refractivity contribution is 7.10. The molecule has 1 aromatic rings. The van der Waals surface area contributed by atoms with Crippen LogP contribution in [0.4, 0.5) is 0 Å². The number of nitrogens with two attached hydrogens (primary N) is 2. The molecule has 0 aliphatic rings. The van der Waals surface area contributed by atoms with E-state index in [4.69, 9.17) is 11.7 Å². The van der Waals surface area contributed by atoms with Gasteiger partial charge >= 0.3 is 5.97 Å². The lowest BCUT2D eigenvalue weighted by Gasteiger charge is -2.04. The van der Waals surface area contributed by atoms with Gasteiger partial charge in [-0.25, -0.2) is 4.79 Å². The van der Waals surface area contributed by atoms with E-state index >= 15 is 0 Å². The van der Waals surface area contributed by atoms with Crippen molar-refractivity contribution in [2.75, 3.05) is 0 Å². The van der Waals surface area contributed by atoms with Gasteiger partial charge in [0, 0.05) is 4.88 Å². The monoisotopic (exact) mass is 200 g/mol. The Morgan fingerprint density at radius 1 is 1.69 bits per heavy atom. The number of carbonyl (C=O) groups is 1. The van der Waals surface area contributed by atoms with Crippen LogP contribution in [0.1, 0.15) is 10.9 Å². The second kappa shape index (κ2) is 4.53. The molecule has 0 bridgehead atoms. The van der Waals surface area contributed by atoms with Crippen molar-refractivity contribution in [3.8, 4) is 0 Å². The molecule has 0 saturated carbocycles. The number of rotatable bonds is 3. The highest BCUT2D eigenvalue weighted by Gasteiger charge is 2.22. The van der Waals surface area contributed by atoms with Gasteiger partial charge in [-0.15, -0.1) is 11.3 Å². The molecule has 4 N–H and O–H groups in total. The second-order valence-electron chi connectivity index (χ2n) is 2.09. The van der Waals surface area contributed by atoms with Crippen LogP contribution in [-0.2, 0) is 9.63 Å². The lowest BCUT2D eigenvalue weighted by atomic mass is 10.2. The van der Waals surface area contributed by atoms with Gasteiger partial charge in [-0.1, -0.05) is 11.3 Å². The van der Waals surface area contributed by atoms with Crippen molar-refractivity contribution in [3.63, 3.8) is 0 Å². The SMILES string of the molecule is NN=N[C@H](C(=O)ON)c1cccs1. The molecule has 1 aromatic heterocycles. The Morgan fingerprint density at radius 3 is 2.92 bits per heavy atom. The van der Waals surface area contributed by atoms with E-state index in [0.717, 1.165) is 0 Å². The van der Waals surface area contributed by atoms with Crippen molar-refractivity contribution in [3.05, 3.63) is 22.4 Å². The third-order valence-electron chi connectivity index (χ3n) is 1.33. The van der Waals surface area contributed by atoms with Gasteiger partial charge < -0.3 is 10.7 Å². The summed E-state index contributed by atoms with van der Waals surface area (Å²) >= 11 is 1.35. The molecule has 1 heterocycles. The first-order chi connectivity index (χ1) is 6.29. The molecule has 7 heteroatoms. The third kappa shape index (κ3) is 2.23. The minimum Gasteiger partial charge on any atom is -0.371 e. The molecule has 0 aromatic carbocycles. The number of nitrogens with zero attached hydrogens (tertiary/aromatic N) is 2. The van der Waals surface area contributed by atoms with Crippen molar-refractivity contribution in [1.29, 1.82) is 0 Å². The predicted molar refractivity (Wildman–Crippen MR) is 46.4 cm³/mol. The van der Waals surface area contributed by atoms with E-state index in [2.05, 4.69) is 15.2 Å².